The number of nitrogens with one attached hydrogen (secondary N) is 1. The number of rotatable bonds is 4. The van der Waals surface area contributed by atoms with Gasteiger partial charge in [0.1, 0.15) is 0 Å². The number of hydrogen-bond donors (Lipinski definition) is 1. The van der Waals surface area contributed by atoms with Crippen molar-refractivity contribution in [1.29, 1.82) is 0 Å². The van der Waals surface area contributed by atoms with Gasteiger partial charge in [0, 0.05) is 31.9 Å². The smallest absolute Gasteiger partial charge is 0.274 e. The summed E-state index contributed by atoms with van der Waals surface area (Å²) in [5, 5.41) is 11.2. The van der Waals surface area contributed by atoms with Gasteiger partial charge in [-0.1, -0.05) is 30.3 Å². The van der Waals surface area contributed by atoms with Crippen LogP contribution in [0.5, 0.6) is 0 Å². The lowest BCUT2D eigenvalue weighted by molar-refractivity contribution is 0.0778. The van der Waals surface area contributed by atoms with Crippen LogP contribution >= 0.6 is 0 Å². The van der Waals surface area contributed by atoms with Gasteiger partial charge in [-0.05, 0) is 18.6 Å². The van der Waals surface area contributed by atoms with E-state index < -0.39 is 0 Å². The maximum Gasteiger partial charge on any atom is 0.274 e. The molecule has 6 nitrogen and oxygen atoms in total. The zero-order chi connectivity index (χ0) is 16.4. The SMILES string of the molecule is Cc1[nH]ncc1CN(C)C(=O)c1cc(-c2ccccc2)n(C)n1. The third-order valence-electron chi connectivity index (χ3n) is 3.86. The highest BCUT2D eigenvalue weighted by Gasteiger charge is 2.18. The van der Waals surface area contributed by atoms with Gasteiger partial charge in [0.25, 0.3) is 5.91 Å². The lowest BCUT2D eigenvalue weighted by Gasteiger charge is -2.15. The molecule has 23 heavy (non-hydrogen) atoms. The van der Waals surface area contributed by atoms with E-state index in [-0.39, 0.29) is 5.91 Å². The molecule has 0 aliphatic carbocycles. The molecule has 1 amide bonds. The Hall–Kier alpha value is -2.89. The van der Waals surface area contributed by atoms with Crippen LogP contribution < -0.4 is 0 Å². The molecule has 0 aliphatic rings. The van der Waals surface area contributed by atoms with Crippen molar-refractivity contribution in [3.05, 3.63) is 59.5 Å². The van der Waals surface area contributed by atoms with E-state index in [4.69, 9.17) is 0 Å². The molecular weight excluding hydrogens is 290 g/mol. The molecule has 0 atom stereocenters. The van der Waals surface area contributed by atoms with Crippen LogP contribution in [0, 0.1) is 6.92 Å². The van der Waals surface area contributed by atoms with Gasteiger partial charge in [-0.25, -0.2) is 0 Å². The molecule has 0 unspecified atom stereocenters. The molecule has 3 aromatic rings. The average Bonchev–Trinajstić information content (AvgIpc) is 3.14. The standard InChI is InChI=1S/C17H19N5O/c1-12-14(10-18-19-12)11-21(2)17(23)15-9-16(22(3)20-15)13-7-5-4-6-8-13/h4-10H,11H2,1-3H3,(H,18,19). The van der Waals surface area contributed by atoms with Gasteiger partial charge in [0.05, 0.1) is 11.9 Å². The first-order valence-electron chi connectivity index (χ1n) is 7.40. The molecule has 3 rings (SSSR count). The fourth-order valence-corrected chi connectivity index (χ4v) is 2.51. The van der Waals surface area contributed by atoms with Crippen LogP contribution in [0.4, 0.5) is 0 Å². The highest BCUT2D eigenvalue weighted by molar-refractivity contribution is 5.93. The number of hydrogen-bond acceptors (Lipinski definition) is 3. The largest absolute Gasteiger partial charge is 0.336 e. The molecule has 0 radical (unpaired) electrons. The van der Waals surface area contributed by atoms with Crippen molar-refractivity contribution >= 4 is 5.91 Å². The van der Waals surface area contributed by atoms with Crippen LogP contribution in [0.25, 0.3) is 11.3 Å². The molecule has 0 bridgehead atoms. The topological polar surface area (TPSA) is 66.8 Å². The summed E-state index contributed by atoms with van der Waals surface area (Å²) in [4.78, 5) is 14.2. The molecule has 6 heteroatoms. The Balaban J connectivity index is 1.82. The Labute approximate surface area is 134 Å². The first-order chi connectivity index (χ1) is 11.1. The summed E-state index contributed by atoms with van der Waals surface area (Å²) in [5.41, 5.74) is 4.36. The van der Waals surface area contributed by atoms with Crippen LogP contribution in [0.15, 0.2) is 42.6 Å². The number of nitrogens with zero attached hydrogens (tertiary/aromatic N) is 4. The van der Waals surface area contributed by atoms with E-state index in [1.807, 2.05) is 50.4 Å². The Bertz CT molecular complexity index is 819. The molecule has 118 valence electrons. The Morgan fingerprint density at radius 1 is 1.30 bits per heavy atom. The highest BCUT2D eigenvalue weighted by atomic mass is 16.2. The van der Waals surface area contributed by atoms with Gasteiger partial charge < -0.3 is 4.90 Å². The van der Waals surface area contributed by atoms with Crippen molar-refractivity contribution in [3.8, 4) is 11.3 Å². The number of benzene rings is 1. The van der Waals surface area contributed by atoms with Crippen molar-refractivity contribution < 1.29 is 4.79 Å². The first-order valence-corrected chi connectivity index (χ1v) is 7.40. The second-order valence-electron chi connectivity index (χ2n) is 5.59. The summed E-state index contributed by atoms with van der Waals surface area (Å²) in [7, 11) is 3.62. The van der Waals surface area contributed by atoms with Crippen molar-refractivity contribution in [2.45, 2.75) is 13.5 Å². The lowest BCUT2D eigenvalue weighted by Crippen LogP contribution is -2.26. The van der Waals surface area contributed by atoms with Gasteiger partial charge in [-0.2, -0.15) is 10.2 Å². The first kappa shape index (κ1) is 15.0. The van der Waals surface area contributed by atoms with E-state index in [0.29, 0.717) is 12.2 Å². The maximum atomic E-state index is 12.6. The second-order valence-corrected chi connectivity index (χ2v) is 5.59. The molecule has 0 spiro atoms. The summed E-state index contributed by atoms with van der Waals surface area (Å²) in [6.07, 6.45) is 1.74. The summed E-state index contributed by atoms with van der Waals surface area (Å²) in [6, 6.07) is 11.7. The monoisotopic (exact) mass is 309 g/mol. The second kappa shape index (κ2) is 6.08. The highest BCUT2D eigenvalue weighted by Crippen LogP contribution is 2.20. The van der Waals surface area contributed by atoms with Crippen LogP contribution in [0.3, 0.4) is 0 Å². The third kappa shape index (κ3) is 3.01. The van der Waals surface area contributed by atoms with Crippen molar-refractivity contribution in [3.63, 3.8) is 0 Å². The molecule has 2 heterocycles. The fraction of sp³-hybridized carbons (Fsp3) is 0.235. The molecule has 0 fully saturated rings. The molecule has 1 aromatic carbocycles. The van der Waals surface area contributed by atoms with E-state index in [0.717, 1.165) is 22.5 Å². The minimum Gasteiger partial charge on any atom is -0.336 e. The maximum absolute atomic E-state index is 12.6. The zero-order valence-electron chi connectivity index (χ0n) is 13.4. The number of H-pyrrole nitrogens is 1. The zero-order valence-corrected chi connectivity index (χ0v) is 13.4. The van der Waals surface area contributed by atoms with E-state index in [1.165, 1.54) is 0 Å². The third-order valence-corrected chi connectivity index (χ3v) is 3.86. The van der Waals surface area contributed by atoms with Gasteiger partial charge in [-0.3, -0.25) is 14.6 Å². The van der Waals surface area contributed by atoms with E-state index in [1.54, 1.807) is 22.8 Å². The Morgan fingerprint density at radius 3 is 2.70 bits per heavy atom. The molecule has 0 saturated carbocycles. The van der Waals surface area contributed by atoms with Crippen molar-refractivity contribution in [1.82, 2.24) is 24.9 Å². The predicted molar refractivity (Wildman–Crippen MR) is 87.8 cm³/mol. The quantitative estimate of drug-likeness (QED) is 0.804. The van der Waals surface area contributed by atoms with Crippen LogP contribution in [0.2, 0.25) is 0 Å². The number of aromatic amines is 1. The summed E-state index contributed by atoms with van der Waals surface area (Å²) >= 11 is 0. The van der Waals surface area contributed by atoms with E-state index in [9.17, 15) is 4.79 Å². The minimum absolute atomic E-state index is 0.108. The summed E-state index contributed by atoms with van der Waals surface area (Å²) in [6.45, 7) is 2.44. The number of aryl methyl sites for hydroxylation is 2. The summed E-state index contributed by atoms with van der Waals surface area (Å²) in [5.74, 6) is -0.108. The normalized spacial score (nSPS) is 10.7. The number of carbonyl (C=O) groups is 1. The minimum atomic E-state index is -0.108. The Kier molecular flexibility index (Phi) is 3.97. The molecular formula is C17H19N5O. The average molecular weight is 309 g/mol. The fourth-order valence-electron chi connectivity index (χ4n) is 2.51. The van der Waals surface area contributed by atoms with Crippen LogP contribution in [-0.2, 0) is 13.6 Å². The molecule has 0 saturated heterocycles. The Morgan fingerprint density at radius 2 is 2.04 bits per heavy atom. The lowest BCUT2D eigenvalue weighted by atomic mass is 10.1. The number of amides is 1. The van der Waals surface area contributed by atoms with E-state index >= 15 is 0 Å². The van der Waals surface area contributed by atoms with Gasteiger partial charge in [-0.15, -0.1) is 0 Å². The van der Waals surface area contributed by atoms with E-state index in [2.05, 4.69) is 15.3 Å². The van der Waals surface area contributed by atoms with Crippen LogP contribution in [0.1, 0.15) is 21.7 Å². The van der Waals surface area contributed by atoms with Gasteiger partial charge in [0.2, 0.25) is 0 Å². The summed E-state index contributed by atoms with van der Waals surface area (Å²) < 4.78 is 1.74. The van der Waals surface area contributed by atoms with Crippen LogP contribution in [-0.4, -0.2) is 37.8 Å². The number of aromatic nitrogens is 4. The molecule has 1 N–H and O–H groups in total. The number of carbonyl (C=O) groups excluding carboxylic acids is 1. The molecule has 2 aromatic heterocycles. The molecule has 0 aliphatic heterocycles. The van der Waals surface area contributed by atoms with Crippen molar-refractivity contribution in [2.24, 2.45) is 7.05 Å². The van der Waals surface area contributed by atoms with Gasteiger partial charge >= 0.3 is 0 Å². The van der Waals surface area contributed by atoms with Gasteiger partial charge in [0.15, 0.2) is 5.69 Å². The predicted octanol–water partition coefficient (Wildman–Crippen LogP) is 2.39. The van der Waals surface area contributed by atoms with Crippen molar-refractivity contribution in [2.75, 3.05) is 7.05 Å².